The Bertz CT molecular complexity index is 700. The van der Waals surface area contributed by atoms with E-state index in [1.54, 1.807) is 13.2 Å². The quantitative estimate of drug-likeness (QED) is 0.845. The number of anilines is 1. The summed E-state index contributed by atoms with van der Waals surface area (Å²) in [6, 6.07) is 13.3. The molecule has 3 rings (SSSR count). The second kappa shape index (κ2) is 8.32. The Morgan fingerprint density at radius 2 is 1.92 bits per heavy atom. The minimum absolute atomic E-state index is 0.201. The summed E-state index contributed by atoms with van der Waals surface area (Å²) in [6.45, 7) is 2.65. The van der Waals surface area contributed by atoms with Gasteiger partial charge in [-0.3, -0.25) is 0 Å². The minimum Gasteiger partial charge on any atom is -0.496 e. The smallest absolute Gasteiger partial charge is 0.146 e. The number of aliphatic hydroxyl groups excluding tert-OH is 1. The van der Waals surface area contributed by atoms with Gasteiger partial charge in [0.05, 0.1) is 18.9 Å². The molecule has 1 heterocycles. The van der Waals surface area contributed by atoms with Crippen LogP contribution < -0.4 is 15.0 Å². The monoisotopic (exact) mass is 344 g/mol. The number of nitrogens with zero attached hydrogens (tertiary/aromatic N) is 1. The third-order valence-electron chi connectivity index (χ3n) is 4.65. The third kappa shape index (κ3) is 4.50. The molecule has 1 aliphatic heterocycles. The molecule has 1 fully saturated rings. The molecule has 0 aromatic heterocycles. The molecule has 134 valence electrons. The van der Waals surface area contributed by atoms with Crippen molar-refractivity contribution in [2.75, 3.05) is 25.1 Å². The highest BCUT2D eigenvalue weighted by molar-refractivity contribution is 5.49. The number of hydrogen-bond acceptors (Lipinski definition) is 4. The maximum absolute atomic E-state index is 14.4. The number of rotatable bonds is 6. The number of nitrogens with one attached hydrogen (secondary N) is 1. The van der Waals surface area contributed by atoms with Gasteiger partial charge in [-0.25, -0.2) is 4.39 Å². The van der Waals surface area contributed by atoms with Gasteiger partial charge in [0.25, 0.3) is 0 Å². The molecular formula is C20H25FN2O2. The van der Waals surface area contributed by atoms with Crippen LogP contribution in [0.15, 0.2) is 42.5 Å². The fourth-order valence-electron chi connectivity index (χ4n) is 3.21. The number of halogens is 1. The van der Waals surface area contributed by atoms with Crippen molar-refractivity contribution in [3.05, 3.63) is 59.4 Å². The van der Waals surface area contributed by atoms with E-state index >= 15 is 0 Å². The average Bonchev–Trinajstić information content (AvgIpc) is 2.63. The van der Waals surface area contributed by atoms with Crippen molar-refractivity contribution in [1.29, 1.82) is 0 Å². The number of para-hydroxylation sites is 1. The molecule has 1 aliphatic rings. The summed E-state index contributed by atoms with van der Waals surface area (Å²) >= 11 is 0. The zero-order chi connectivity index (χ0) is 17.6. The van der Waals surface area contributed by atoms with E-state index in [4.69, 9.17) is 4.74 Å². The lowest BCUT2D eigenvalue weighted by Gasteiger charge is -2.31. The lowest BCUT2D eigenvalue weighted by molar-refractivity contribution is 0.145. The van der Waals surface area contributed by atoms with E-state index < -0.39 is 0 Å². The van der Waals surface area contributed by atoms with E-state index in [-0.39, 0.29) is 11.9 Å². The molecular weight excluding hydrogens is 319 g/mol. The first-order valence-corrected chi connectivity index (χ1v) is 8.71. The summed E-state index contributed by atoms with van der Waals surface area (Å²) in [4.78, 5) is 2.01. The van der Waals surface area contributed by atoms with Gasteiger partial charge in [-0.2, -0.15) is 0 Å². The van der Waals surface area contributed by atoms with Crippen LogP contribution in [-0.2, 0) is 13.1 Å². The van der Waals surface area contributed by atoms with Crippen LogP contribution in [0.2, 0.25) is 0 Å². The van der Waals surface area contributed by atoms with E-state index in [2.05, 4.69) is 5.32 Å². The topological polar surface area (TPSA) is 44.7 Å². The zero-order valence-corrected chi connectivity index (χ0v) is 14.5. The summed E-state index contributed by atoms with van der Waals surface area (Å²) in [5.41, 5.74) is 2.61. The van der Waals surface area contributed by atoms with Crippen molar-refractivity contribution in [2.24, 2.45) is 0 Å². The van der Waals surface area contributed by atoms with Gasteiger partial charge in [-0.05, 0) is 36.6 Å². The maximum atomic E-state index is 14.4. The van der Waals surface area contributed by atoms with E-state index in [0.717, 1.165) is 16.9 Å². The predicted octanol–water partition coefficient (Wildman–Crippen LogP) is 3.09. The lowest BCUT2D eigenvalue weighted by Crippen LogP contribution is -2.36. The second-order valence-corrected chi connectivity index (χ2v) is 6.42. The summed E-state index contributed by atoms with van der Waals surface area (Å²) in [6.07, 6.45) is 1.14. The molecule has 0 amide bonds. The fraction of sp³-hybridized carbons (Fsp3) is 0.400. The highest BCUT2D eigenvalue weighted by Gasteiger charge is 2.19. The summed E-state index contributed by atoms with van der Waals surface area (Å²) < 4.78 is 19.8. The number of benzene rings is 2. The largest absolute Gasteiger partial charge is 0.496 e. The van der Waals surface area contributed by atoms with Crippen molar-refractivity contribution in [1.82, 2.24) is 5.32 Å². The van der Waals surface area contributed by atoms with E-state index in [1.807, 2.05) is 41.3 Å². The Balaban J connectivity index is 1.58. The summed E-state index contributed by atoms with van der Waals surface area (Å²) in [5, 5.41) is 12.9. The molecule has 0 aliphatic carbocycles. The summed E-state index contributed by atoms with van der Waals surface area (Å²) in [5.74, 6) is 0.650. The van der Waals surface area contributed by atoms with Gasteiger partial charge in [0, 0.05) is 31.7 Å². The molecule has 25 heavy (non-hydrogen) atoms. The molecule has 5 heteroatoms. The van der Waals surface area contributed by atoms with Gasteiger partial charge in [0.1, 0.15) is 11.6 Å². The van der Waals surface area contributed by atoms with Crippen LogP contribution in [0.25, 0.3) is 0 Å². The highest BCUT2D eigenvalue weighted by atomic mass is 19.1. The van der Waals surface area contributed by atoms with Gasteiger partial charge in [0.2, 0.25) is 0 Å². The van der Waals surface area contributed by atoms with E-state index in [9.17, 15) is 9.50 Å². The molecule has 0 unspecified atom stereocenters. The minimum atomic E-state index is -0.252. The Hall–Kier alpha value is -2.11. The Kier molecular flexibility index (Phi) is 5.89. The van der Waals surface area contributed by atoms with Crippen molar-refractivity contribution < 1.29 is 14.2 Å². The van der Waals surface area contributed by atoms with Crippen LogP contribution in [0.4, 0.5) is 10.1 Å². The van der Waals surface area contributed by atoms with E-state index in [0.29, 0.717) is 44.7 Å². The molecule has 0 radical (unpaired) electrons. The fourth-order valence-corrected chi connectivity index (χ4v) is 3.21. The van der Waals surface area contributed by atoms with Crippen LogP contribution in [0.3, 0.4) is 0 Å². The molecule has 0 bridgehead atoms. The molecule has 2 N–H and O–H groups in total. The van der Waals surface area contributed by atoms with Crippen LogP contribution >= 0.6 is 0 Å². The first-order valence-electron chi connectivity index (χ1n) is 8.71. The van der Waals surface area contributed by atoms with Crippen LogP contribution in [0.5, 0.6) is 5.75 Å². The van der Waals surface area contributed by atoms with Crippen molar-refractivity contribution >= 4 is 5.69 Å². The number of ether oxygens (including phenoxy) is 1. The number of piperidine rings is 1. The van der Waals surface area contributed by atoms with Gasteiger partial charge >= 0.3 is 0 Å². The van der Waals surface area contributed by atoms with Crippen LogP contribution in [0, 0.1) is 5.82 Å². The second-order valence-electron chi connectivity index (χ2n) is 6.42. The van der Waals surface area contributed by atoms with E-state index in [1.165, 1.54) is 0 Å². The molecule has 0 saturated carbocycles. The van der Waals surface area contributed by atoms with Crippen molar-refractivity contribution in [3.8, 4) is 5.75 Å². The predicted molar refractivity (Wildman–Crippen MR) is 97.4 cm³/mol. The maximum Gasteiger partial charge on any atom is 0.146 e. The van der Waals surface area contributed by atoms with Crippen LogP contribution in [-0.4, -0.2) is 31.4 Å². The van der Waals surface area contributed by atoms with Gasteiger partial charge in [-0.1, -0.05) is 24.3 Å². The van der Waals surface area contributed by atoms with Crippen molar-refractivity contribution in [3.63, 3.8) is 0 Å². The first kappa shape index (κ1) is 17.7. The zero-order valence-electron chi connectivity index (χ0n) is 14.5. The van der Waals surface area contributed by atoms with Gasteiger partial charge in [0.15, 0.2) is 0 Å². The Labute approximate surface area is 148 Å². The molecule has 1 saturated heterocycles. The van der Waals surface area contributed by atoms with Crippen molar-refractivity contribution in [2.45, 2.75) is 32.0 Å². The lowest BCUT2D eigenvalue weighted by atomic mass is 10.1. The SMILES string of the molecule is COc1ccccc1CNCc1ccc(N2CCC(O)CC2)c(F)c1. The number of methoxy groups -OCH3 is 1. The third-order valence-corrected chi connectivity index (χ3v) is 4.65. The average molecular weight is 344 g/mol. The number of hydrogen-bond donors (Lipinski definition) is 2. The standard InChI is InChI=1S/C20H25FN2O2/c1-25-20-5-3-2-4-16(20)14-22-13-15-6-7-19(18(21)12-15)23-10-8-17(24)9-11-23/h2-7,12,17,22,24H,8-11,13-14H2,1H3. The molecule has 0 atom stereocenters. The van der Waals surface area contributed by atoms with Gasteiger partial charge < -0.3 is 20.1 Å². The highest BCUT2D eigenvalue weighted by Crippen LogP contribution is 2.24. The molecule has 0 spiro atoms. The molecule has 4 nitrogen and oxygen atoms in total. The number of aliphatic hydroxyl groups is 1. The normalized spacial score (nSPS) is 15.4. The molecule has 2 aromatic carbocycles. The summed E-state index contributed by atoms with van der Waals surface area (Å²) in [7, 11) is 1.66. The Morgan fingerprint density at radius 3 is 2.64 bits per heavy atom. The Morgan fingerprint density at radius 1 is 1.16 bits per heavy atom. The van der Waals surface area contributed by atoms with Gasteiger partial charge in [-0.15, -0.1) is 0 Å². The first-order chi connectivity index (χ1) is 12.2. The van der Waals surface area contributed by atoms with Crippen LogP contribution in [0.1, 0.15) is 24.0 Å². The molecule has 2 aromatic rings.